The SMILES string of the molecule is CCCCCCCCCCCCCCCCCCn1c2ccc3c(=O)n(C)c(=O)nc3c2cc2c(=O)n(C)c(=O)[nH]c21. The van der Waals surface area contributed by atoms with Crippen LogP contribution < -0.4 is 22.5 Å². The van der Waals surface area contributed by atoms with E-state index in [1.807, 2.05) is 10.6 Å². The second-order valence-electron chi connectivity index (χ2n) is 11.8. The van der Waals surface area contributed by atoms with E-state index in [1.165, 1.54) is 97.6 Å². The number of aromatic amines is 1. The molecule has 0 aliphatic heterocycles. The molecule has 0 radical (unpaired) electrons. The topological polar surface area (TPSA) is 112 Å². The number of hydrogen-bond donors (Lipinski definition) is 1. The molecule has 0 spiro atoms. The van der Waals surface area contributed by atoms with Gasteiger partial charge in [-0.15, -0.1) is 0 Å². The molecular formula is C33H47N5O4. The van der Waals surface area contributed by atoms with Gasteiger partial charge in [0.2, 0.25) is 0 Å². The molecule has 1 N–H and O–H groups in total. The number of aryl methyl sites for hydroxylation is 1. The largest absolute Gasteiger partial charge is 0.350 e. The third-order valence-electron chi connectivity index (χ3n) is 8.63. The summed E-state index contributed by atoms with van der Waals surface area (Å²) in [5.41, 5.74) is -0.537. The molecule has 3 aromatic heterocycles. The van der Waals surface area contributed by atoms with E-state index < -0.39 is 22.5 Å². The molecule has 42 heavy (non-hydrogen) atoms. The van der Waals surface area contributed by atoms with E-state index in [0.717, 1.165) is 33.9 Å². The van der Waals surface area contributed by atoms with Crippen LogP contribution >= 0.6 is 0 Å². The Morgan fingerprint density at radius 2 is 1.17 bits per heavy atom. The van der Waals surface area contributed by atoms with Crippen LogP contribution in [0.3, 0.4) is 0 Å². The summed E-state index contributed by atoms with van der Waals surface area (Å²) in [6, 6.07) is 5.12. The molecule has 0 aliphatic rings. The van der Waals surface area contributed by atoms with Crippen LogP contribution in [0.25, 0.3) is 32.8 Å². The van der Waals surface area contributed by atoms with E-state index in [0.29, 0.717) is 28.4 Å². The van der Waals surface area contributed by atoms with Gasteiger partial charge in [0, 0.05) is 26.0 Å². The molecule has 0 unspecified atom stereocenters. The Labute approximate surface area is 246 Å². The van der Waals surface area contributed by atoms with Gasteiger partial charge in [0.05, 0.1) is 21.8 Å². The fraction of sp³-hybridized carbons (Fsp3) is 0.606. The zero-order valence-corrected chi connectivity index (χ0v) is 25.7. The summed E-state index contributed by atoms with van der Waals surface area (Å²) in [6.07, 6.45) is 20.5. The predicted molar refractivity (Wildman–Crippen MR) is 172 cm³/mol. The lowest BCUT2D eigenvalue weighted by Gasteiger charge is -2.16. The highest BCUT2D eigenvalue weighted by Crippen LogP contribution is 2.26. The van der Waals surface area contributed by atoms with Crippen LogP contribution in [-0.4, -0.2) is 23.7 Å². The van der Waals surface area contributed by atoms with Gasteiger partial charge in [-0.05, 0) is 24.6 Å². The minimum atomic E-state index is -0.640. The summed E-state index contributed by atoms with van der Waals surface area (Å²) in [7, 11) is 2.83. The van der Waals surface area contributed by atoms with Crippen molar-refractivity contribution in [3.05, 3.63) is 59.9 Å². The summed E-state index contributed by atoms with van der Waals surface area (Å²) in [5, 5.41) is 1.19. The molecule has 0 saturated heterocycles. The van der Waals surface area contributed by atoms with Crippen molar-refractivity contribution in [3.8, 4) is 0 Å². The summed E-state index contributed by atoms with van der Waals surface area (Å²) >= 11 is 0. The van der Waals surface area contributed by atoms with Gasteiger partial charge in [-0.25, -0.2) is 9.59 Å². The van der Waals surface area contributed by atoms with Crippen molar-refractivity contribution in [3.63, 3.8) is 0 Å². The van der Waals surface area contributed by atoms with Gasteiger partial charge < -0.3 is 4.57 Å². The zero-order chi connectivity index (χ0) is 30.1. The lowest BCUT2D eigenvalue weighted by atomic mass is 10.0. The second kappa shape index (κ2) is 15.1. The minimum Gasteiger partial charge on any atom is -0.327 e. The first kappa shape index (κ1) is 31.4. The maximum absolute atomic E-state index is 13.1. The number of nitrogens with zero attached hydrogens (tertiary/aromatic N) is 4. The Morgan fingerprint density at radius 1 is 0.643 bits per heavy atom. The third kappa shape index (κ3) is 7.28. The van der Waals surface area contributed by atoms with Gasteiger partial charge in [-0.3, -0.25) is 23.7 Å². The van der Waals surface area contributed by atoms with Crippen LogP contribution in [0, 0.1) is 0 Å². The van der Waals surface area contributed by atoms with Crippen LogP contribution in [0.2, 0.25) is 0 Å². The number of hydrogen-bond acceptors (Lipinski definition) is 5. The highest BCUT2D eigenvalue weighted by Gasteiger charge is 2.16. The van der Waals surface area contributed by atoms with Gasteiger partial charge in [0.1, 0.15) is 5.65 Å². The van der Waals surface area contributed by atoms with E-state index in [2.05, 4.69) is 16.9 Å². The zero-order valence-electron chi connectivity index (χ0n) is 25.7. The van der Waals surface area contributed by atoms with Crippen molar-refractivity contribution in [2.24, 2.45) is 14.1 Å². The normalized spacial score (nSPS) is 11.8. The van der Waals surface area contributed by atoms with E-state index in [4.69, 9.17) is 0 Å². The molecular weight excluding hydrogens is 530 g/mol. The van der Waals surface area contributed by atoms with Gasteiger partial charge in [-0.2, -0.15) is 4.98 Å². The van der Waals surface area contributed by atoms with Gasteiger partial charge >= 0.3 is 11.4 Å². The van der Waals surface area contributed by atoms with E-state index >= 15 is 0 Å². The Kier molecular flexibility index (Phi) is 11.3. The standard InChI is InChI=1S/C33H47N5O4/c1-4-5-6-7-8-9-10-11-12-13-14-15-16-17-18-19-22-38-27-21-20-24-28(34-32(41)36(2)30(24)39)25(27)23-26-29(38)35-33(42)37(3)31(26)40/h20-21,23H,4-19,22H2,1-3H3,(H,35,42). The van der Waals surface area contributed by atoms with Crippen LogP contribution in [0.4, 0.5) is 0 Å². The molecule has 0 atom stereocenters. The predicted octanol–water partition coefficient (Wildman–Crippen LogP) is 6.05. The summed E-state index contributed by atoms with van der Waals surface area (Å²) in [6.45, 7) is 2.86. The fourth-order valence-corrected chi connectivity index (χ4v) is 5.99. The van der Waals surface area contributed by atoms with E-state index in [-0.39, 0.29) is 5.52 Å². The molecule has 0 aliphatic carbocycles. The smallest absolute Gasteiger partial charge is 0.327 e. The average molecular weight is 578 g/mol. The number of unbranched alkanes of at least 4 members (excludes halogenated alkanes) is 15. The Hall–Kier alpha value is -3.49. The highest BCUT2D eigenvalue weighted by atomic mass is 16.2. The fourth-order valence-electron chi connectivity index (χ4n) is 5.99. The van der Waals surface area contributed by atoms with Crippen LogP contribution in [0.5, 0.6) is 0 Å². The van der Waals surface area contributed by atoms with Crippen molar-refractivity contribution in [2.75, 3.05) is 0 Å². The second-order valence-corrected chi connectivity index (χ2v) is 11.8. The van der Waals surface area contributed by atoms with Gasteiger partial charge in [0.15, 0.2) is 0 Å². The first-order chi connectivity index (χ1) is 20.3. The molecule has 0 fully saturated rings. The number of H-pyrrole nitrogens is 1. The lowest BCUT2D eigenvalue weighted by molar-refractivity contribution is 0.523. The number of aromatic nitrogens is 5. The molecule has 228 valence electrons. The number of nitrogens with one attached hydrogen (secondary N) is 1. The number of pyridine rings is 1. The molecule has 1 aromatic carbocycles. The van der Waals surface area contributed by atoms with E-state index in [9.17, 15) is 19.2 Å². The van der Waals surface area contributed by atoms with Crippen LogP contribution in [0.15, 0.2) is 37.4 Å². The van der Waals surface area contributed by atoms with Crippen molar-refractivity contribution >= 4 is 32.8 Å². The van der Waals surface area contributed by atoms with Crippen molar-refractivity contribution < 1.29 is 0 Å². The monoisotopic (exact) mass is 577 g/mol. The van der Waals surface area contributed by atoms with Crippen molar-refractivity contribution in [2.45, 2.75) is 116 Å². The quantitative estimate of drug-likeness (QED) is 0.0933. The minimum absolute atomic E-state index is 0.275. The molecule has 0 amide bonds. The Balaban J connectivity index is 1.36. The number of rotatable bonds is 17. The Bertz CT molecular complexity index is 1740. The molecule has 0 bridgehead atoms. The van der Waals surface area contributed by atoms with Crippen molar-refractivity contribution in [1.29, 1.82) is 0 Å². The first-order valence-corrected chi connectivity index (χ1v) is 16.0. The van der Waals surface area contributed by atoms with Crippen molar-refractivity contribution in [1.82, 2.24) is 23.7 Å². The lowest BCUT2D eigenvalue weighted by Crippen LogP contribution is -2.34. The Morgan fingerprint density at radius 3 is 1.74 bits per heavy atom. The number of fused-ring (bicyclic) bond motifs is 4. The van der Waals surface area contributed by atoms with E-state index in [1.54, 1.807) is 12.1 Å². The summed E-state index contributed by atoms with van der Waals surface area (Å²) in [4.78, 5) is 57.7. The first-order valence-electron chi connectivity index (χ1n) is 16.0. The molecule has 3 heterocycles. The molecule has 9 heteroatoms. The third-order valence-corrected chi connectivity index (χ3v) is 8.63. The highest BCUT2D eigenvalue weighted by molar-refractivity contribution is 6.07. The molecule has 9 nitrogen and oxygen atoms in total. The molecule has 4 aromatic rings. The van der Waals surface area contributed by atoms with Crippen LogP contribution in [-0.2, 0) is 20.6 Å². The average Bonchev–Trinajstić information content (AvgIpc) is 2.98. The maximum Gasteiger partial charge on any atom is 0.350 e. The molecule has 0 saturated carbocycles. The maximum atomic E-state index is 13.1. The molecule has 4 rings (SSSR count). The van der Waals surface area contributed by atoms with Gasteiger partial charge in [0.25, 0.3) is 11.1 Å². The van der Waals surface area contributed by atoms with Crippen LogP contribution in [0.1, 0.15) is 110 Å². The number of benzene rings is 1. The summed E-state index contributed by atoms with van der Waals surface area (Å²) in [5.74, 6) is 0. The summed E-state index contributed by atoms with van der Waals surface area (Å²) < 4.78 is 3.94. The van der Waals surface area contributed by atoms with Gasteiger partial charge in [-0.1, -0.05) is 103 Å².